The van der Waals surface area contributed by atoms with Crippen molar-refractivity contribution < 1.29 is 14.6 Å². The molecule has 3 nitrogen and oxygen atoms in total. The van der Waals surface area contributed by atoms with Crippen molar-refractivity contribution in [1.82, 2.24) is 0 Å². The van der Waals surface area contributed by atoms with Crippen LogP contribution in [-0.2, 0) is 9.47 Å². The Balaban J connectivity index is 2.19. The predicted octanol–water partition coefficient (Wildman–Crippen LogP) is 0.130. The van der Waals surface area contributed by atoms with Gasteiger partial charge in [-0.15, -0.1) is 0 Å². The Kier molecular flexibility index (Phi) is 1.27. The second kappa shape index (κ2) is 1.94. The molecule has 2 rings (SSSR count). The molecule has 2 aliphatic heterocycles. The predicted molar refractivity (Wildman–Crippen MR) is 34.4 cm³/mol. The third-order valence-electron chi connectivity index (χ3n) is 2.50. The average molecular weight is 144 g/mol. The highest BCUT2D eigenvalue weighted by Gasteiger charge is 2.50. The largest absolute Gasteiger partial charge is 0.390 e. The molecule has 0 radical (unpaired) electrons. The van der Waals surface area contributed by atoms with E-state index in [-0.39, 0.29) is 12.0 Å². The molecule has 58 valence electrons. The first-order valence-electron chi connectivity index (χ1n) is 3.68. The standard InChI is InChI=1S/C7H12O3/c1-7-5(2-3-9-7)6(8)4-10-7/h5-6,8H,2-4H2,1H3/t5?,6-,7?/m1/s1. The van der Waals surface area contributed by atoms with Gasteiger partial charge in [0, 0.05) is 5.92 Å². The molecule has 10 heavy (non-hydrogen) atoms. The Labute approximate surface area is 59.9 Å². The van der Waals surface area contributed by atoms with Crippen LogP contribution in [0.1, 0.15) is 13.3 Å². The number of aliphatic hydroxyl groups excluding tert-OH is 1. The molecule has 1 N–H and O–H groups in total. The van der Waals surface area contributed by atoms with E-state index in [1.165, 1.54) is 0 Å². The molecule has 2 fully saturated rings. The van der Waals surface area contributed by atoms with Crippen LogP contribution in [0.5, 0.6) is 0 Å². The van der Waals surface area contributed by atoms with Gasteiger partial charge in [0.05, 0.1) is 19.3 Å². The normalized spacial score (nSPS) is 53.4. The molecule has 3 atom stereocenters. The molecule has 0 bridgehead atoms. The summed E-state index contributed by atoms with van der Waals surface area (Å²) in [5.41, 5.74) is 0. The Hall–Kier alpha value is -0.120. The molecular formula is C7H12O3. The van der Waals surface area contributed by atoms with Crippen LogP contribution in [0.25, 0.3) is 0 Å². The lowest BCUT2D eigenvalue weighted by molar-refractivity contribution is -0.181. The minimum atomic E-state index is -0.473. The zero-order valence-corrected chi connectivity index (χ0v) is 6.04. The maximum atomic E-state index is 9.36. The van der Waals surface area contributed by atoms with Crippen molar-refractivity contribution in [3.8, 4) is 0 Å². The SMILES string of the molecule is CC12OCCC1[C@H](O)CO2. The lowest BCUT2D eigenvalue weighted by Gasteiger charge is -2.21. The fraction of sp³-hybridized carbons (Fsp3) is 1.00. The smallest absolute Gasteiger partial charge is 0.171 e. The highest BCUT2D eigenvalue weighted by molar-refractivity contribution is 4.91. The molecular weight excluding hydrogens is 132 g/mol. The van der Waals surface area contributed by atoms with E-state index in [0.717, 1.165) is 13.0 Å². The number of ether oxygens (including phenoxy) is 2. The van der Waals surface area contributed by atoms with Crippen molar-refractivity contribution >= 4 is 0 Å². The van der Waals surface area contributed by atoms with Gasteiger partial charge >= 0.3 is 0 Å². The average Bonchev–Trinajstić information content (AvgIpc) is 2.35. The van der Waals surface area contributed by atoms with Crippen LogP contribution in [-0.4, -0.2) is 30.2 Å². The number of aliphatic hydroxyl groups is 1. The Morgan fingerprint density at radius 1 is 1.50 bits per heavy atom. The lowest BCUT2D eigenvalue weighted by atomic mass is 9.96. The van der Waals surface area contributed by atoms with Crippen LogP contribution in [0.3, 0.4) is 0 Å². The quantitative estimate of drug-likeness (QED) is 0.525. The molecule has 0 aromatic rings. The maximum absolute atomic E-state index is 9.36. The minimum absolute atomic E-state index is 0.201. The summed E-state index contributed by atoms with van der Waals surface area (Å²) in [6, 6.07) is 0. The summed E-state index contributed by atoms with van der Waals surface area (Å²) in [4.78, 5) is 0. The zero-order valence-electron chi connectivity index (χ0n) is 6.04. The monoisotopic (exact) mass is 144 g/mol. The Bertz CT molecular complexity index is 148. The van der Waals surface area contributed by atoms with Crippen molar-refractivity contribution in [2.45, 2.75) is 25.2 Å². The molecule has 0 aliphatic carbocycles. The molecule has 2 heterocycles. The maximum Gasteiger partial charge on any atom is 0.171 e. The molecule has 3 heteroatoms. The number of hydrogen-bond donors (Lipinski definition) is 1. The summed E-state index contributed by atoms with van der Waals surface area (Å²) < 4.78 is 10.7. The highest BCUT2D eigenvalue weighted by atomic mass is 16.7. The lowest BCUT2D eigenvalue weighted by Crippen LogP contribution is -2.30. The number of rotatable bonds is 0. The van der Waals surface area contributed by atoms with Gasteiger partial charge in [-0.25, -0.2) is 0 Å². The van der Waals surface area contributed by atoms with E-state index in [1.54, 1.807) is 0 Å². The van der Waals surface area contributed by atoms with E-state index < -0.39 is 5.79 Å². The van der Waals surface area contributed by atoms with E-state index in [2.05, 4.69) is 0 Å². The summed E-state index contributed by atoms with van der Waals surface area (Å²) in [6.07, 6.45) is 0.616. The van der Waals surface area contributed by atoms with Gasteiger partial charge in [0.15, 0.2) is 5.79 Å². The summed E-state index contributed by atoms with van der Waals surface area (Å²) in [5.74, 6) is -0.271. The van der Waals surface area contributed by atoms with Crippen LogP contribution in [0.2, 0.25) is 0 Å². The van der Waals surface area contributed by atoms with Gasteiger partial charge in [0.1, 0.15) is 0 Å². The van der Waals surface area contributed by atoms with E-state index in [4.69, 9.17) is 9.47 Å². The first-order valence-corrected chi connectivity index (χ1v) is 3.68. The van der Waals surface area contributed by atoms with Gasteiger partial charge in [-0.05, 0) is 13.3 Å². The summed E-state index contributed by atoms with van der Waals surface area (Å²) in [5, 5.41) is 9.36. The van der Waals surface area contributed by atoms with Crippen molar-refractivity contribution in [3.63, 3.8) is 0 Å². The number of fused-ring (bicyclic) bond motifs is 1. The number of hydrogen-bond acceptors (Lipinski definition) is 3. The first kappa shape index (κ1) is 6.58. The van der Waals surface area contributed by atoms with Crippen molar-refractivity contribution in [2.75, 3.05) is 13.2 Å². The summed E-state index contributed by atoms with van der Waals surface area (Å²) in [7, 11) is 0. The van der Waals surface area contributed by atoms with Crippen LogP contribution >= 0.6 is 0 Å². The Morgan fingerprint density at radius 3 is 3.00 bits per heavy atom. The van der Waals surface area contributed by atoms with Crippen molar-refractivity contribution in [1.29, 1.82) is 0 Å². The van der Waals surface area contributed by atoms with Crippen molar-refractivity contribution in [2.24, 2.45) is 5.92 Å². The first-order chi connectivity index (χ1) is 4.72. The molecule has 0 saturated carbocycles. The van der Waals surface area contributed by atoms with Gasteiger partial charge in [-0.2, -0.15) is 0 Å². The summed E-state index contributed by atoms with van der Waals surface area (Å²) in [6.45, 7) is 3.06. The molecule has 0 aromatic heterocycles. The van der Waals surface area contributed by atoms with E-state index >= 15 is 0 Å². The second-order valence-electron chi connectivity index (χ2n) is 3.14. The molecule has 0 amide bonds. The van der Waals surface area contributed by atoms with Gasteiger partial charge in [-0.1, -0.05) is 0 Å². The molecule has 0 aromatic carbocycles. The van der Waals surface area contributed by atoms with Crippen LogP contribution in [0.15, 0.2) is 0 Å². The minimum Gasteiger partial charge on any atom is -0.390 e. The topological polar surface area (TPSA) is 38.7 Å². The van der Waals surface area contributed by atoms with Crippen LogP contribution in [0.4, 0.5) is 0 Å². The van der Waals surface area contributed by atoms with Crippen LogP contribution in [0, 0.1) is 5.92 Å². The van der Waals surface area contributed by atoms with Gasteiger partial charge in [0.25, 0.3) is 0 Å². The third-order valence-corrected chi connectivity index (χ3v) is 2.50. The second-order valence-corrected chi connectivity index (χ2v) is 3.14. The summed E-state index contributed by atoms with van der Waals surface area (Å²) >= 11 is 0. The van der Waals surface area contributed by atoms with E-state index in [9.17, 15) is 5.11 Å². The van der Waals surface area contributed by atoms with Crippen molar-refractivity contribution in [3.05, 3.63) is 0 Å². The molecule has 2 saturated heterocycles. The fourth-order valence-corrected chi connectivity index (χ4v) is 1.82. The van der Waals surface area contributed by atoms with E-state index in [0.29, 0.717) is 6.61 Å². The molecule has 0 spiro atoms. The molecule has 2 aliphatic rings. The molecule has 2 unspecified atom stereocenters. The zero-order chi connectivity index (χ0) is 7.19. The Morgan fingerprint density at radius 2 is 2.30 bits per heavy atom. The highest BCUT2D eigenvalue weighted by Crippen LogP contribution is 2.40. The van der Waals surface area contributed by atoms with Gasteiger partial charge in [-0.3, -0.25) is 0 Å². The third kappa shape index (κ3) is 0.713. The van der Waals surface area contributed by atoms with E-state index in [1.807, 2.05) is 6.92 Å². The fourth-order valence-electron chi connectivity index (χ4n) is 1.82. The van der Waals surface area contributed by atoms with Crippen LogP contribution < -0.4 is 0 Å². The van der Waals surface area contributed by atoms with Gasteiger partial charge < -0.3 is 14.6 Å². The van der Waals surface area contributed by atoms with Gasteiger partial charge in [0.2, 0.25) is 0 Å².